The predicted octanol–water partition coefficient (Wildman–Crippen LogP) is 3.92. The fourth-order valence-electron chi connectivity index (χ4n) is 2.06. The average Bonchev–Trinajstić information content (AvgIpc) is 2.61. The lowest BCUT2D eigenvalue weighted by atomic mass is 10.1. The van der Waals surface area contributed by atoms with Gasteiger partial charge in [0, 0.05) is 10.7 Å². The van der Waals surface area contributed by atoms with Crippen molar-refractivity contribution in [2.45, 2.75) is 19.5 Å². The van der Waals surface area contributed by atoms with Gasteiger partial charge in [-0.2, -0.15) is 18.3 Å². The SMILES string of the molecule is CC(=NNC(=O)Cc1ccc(Cl)cc1)c1cccc(NC(=O)C(F)(F)F)c1. The van der Waals surface area contributed by atoms with Gasteiger partial charge in [-0.25, -0.2) is 5.43 Å². The van der Waals surface area contributed by atoms with Gasteiger partial charge in [-0.15, -0.1) is 0 Å². The van der Waals surface area contributed by atoms with Crippen molar-refractivity contribution in [1.29, 1.82) is 0 Å². The predicted molar refractivity (Wildman–Crippen MR) is 96.6 cm³/mol. The van der Waals surface area contributed by atoms with Gasteiger partial charge in [0.2, 0.25) is 5.91 Å². The van der Waals surface area contributed by atoms with Crippen LogP contribution < -0.4 is 10.7 Å². The summed E-state index contributed by atoms with van der Waals surface area (Å²) >= 11 is 5.78. The molecular formula is C18H15ClF3N3O2. The van der Waals surface area contributed by atoms with Crippen LogP contribution in [-0.4, -0.2) is 23.7 Å². The number of hydrogen-bond donors (Lipinski definition) is 2. The first-order valence-corrected chi connectivity index (χ1v) is 8.09. The maximum atomic E-state index is 12.3. The molecule has 0 saturated carbocycles. The third-order valence-electron chi connectivity index (χ3n) is 3.42. The van der Waals surface area contributed by atoms with Crippen LogP contribution in [0, 0.1) is 0 Å². The van der Waals surface area contributed by atoms with E-state index in [1.165, 1.54) is 18.2 Å². The largest absolute Gasteiger partial charge is 0.471 e. The van der Waals surface area contributed by atoms with Crippen LogP contribution in [0.15, 0.2) is 53.6 Å². The zero-order valence-corrected chi connectivity index (χ0v) is 14.9. The fraction of sp³-hybridized carbons (Fsp3) is 0.167. The lowest BCUT2D eigenvalue weighted by Gasteiger charge is -2.09. The molecule has 0 heterocycles. The van der Waals surface area contributed by atoms with Crippen LogP contribution in [0.3, 0.4) is 0 Å². The number of carbonyl (C=O) groups is 2. The molecule has 5 nitrogen and oxygen atoms in total. The molecule has 2 aromatic carbocycles. The third-order valence-corrected chi connectivity index (χ3v) is 3.67. The van der Waals surface area contributed by atoms with E-state index in [0.29, 0.717) is 16.3 Å². The summed E-state index contributed by atoms with van der Waals surface area (Å²) in [6.07, 6.45) is -4.88. The molecule has 0 fully saturated rings. The molecule has 0 atom stereocenters. The Bertz CT molecular complexity index is 865. The van der Waals surface area contributed by atoms with Gasteiger partial charge in [-0.3, -0.25) is 9.59 Å². The summed E-state index contributed by atoms with van der Waals surface area (Å²) in [6, 6.07) is 12.5. The minimum atomic E-state index is -4.98. The topological polar surface area (TPSA) is 70.6 Å². The second-order valence-electron chi connectivity index (χ2n) is 5.57. The molecule has 0 spiro atoms. The van der Waals surface area contributed by atoms with Crippen molar-refractivity contribution in [3.63, 3.8) is 0 Å². The highest BCUT2D eigenvalue weighted by atomic mass is 35.5. The Hall–Kier alpha value is -2.87. The number of nitrogens with zero attached hydrogens (tertiary/aromatic N) is 1. The summed E-state index contributed by atoms with van der Waals surface area (Å²) in [4.78, 5) is 22.9. The zero-order chi connectivity index (χ0) is 20.0. The molecular weight excluding hydrogens is 383 g/mol. The Balaban J connectivity index is 2.00. The van der Waals surface area contributed by atoms with Crippen LogP contribution in [-0.2, 0) is 16.0 Å². The highest BCUT2D eigenvalue weighted by molar-refractivity contribution is 6.30. The molecule has 2 aromatic rings. The molecule has 27 heavy (non-hydrogen) atoms. The van der Waals surface area contributed by atoms with E-state index in [-0.39, 0.29) is 18.0 Å². The van der Waals surface area contributed by atoms with Crippen molar-refractivity contribution < 1.29 is 22.8 Å². The first-order chi connectivity index (χ1) is 12.6. The normalized spacial score (nSPS) is 11.8. The van der Waals surface area contributed by atoms with Gasteiger partial charge in [0.25, 0.3) is 0 Å². The van der Waals surface area contributed by atoms with E-state index >= 15 is 0 Å². The number of halogens is 4. The Morgan fingerprint density at radius 1 is 1.11 bits per heavy atom. The van der Waals surface area contributed by atoms with Crippen molar-refractivity contribution in [2.24, 2.45) is 5.10 Å². The molecule has 2 amide bonds. The van der Waals surface area contributed by atoms with Gasteiger partial charge < -0.3 is 5.32 Å². The summed E-state index contributed by atoms with van der Waals surface area (Å²) in [5.74, 6) is -2.43. The van der Waals surface area contributed by atoms with Crippen LogP contribution in [0.1, 0.15) is 18.1 Å². The van der Waals surface area contributed by atoms with Crippen LogP contribution in [0.5, 0.6) is 0 Å². The summed E-state index contributed by atoms with van der Waals surface area (Å²) in [5, 5.41) is 6.26. The van der Waals surface area contributed by atoms with Gasteiger partial charge in [-0.05, 0) is 42.3 Å². The maximum Gasteiger partial charge on any atom is 0.471 e. The highest BCUT2D eigenvalue weighted by Crippen LogP contribution is 2.19. The molecule has 2 rings (SSSR count). The smallest absolute Gasteiger partial charge is 0.318 e. The van der Waals surface area contributed by atoms with E-state index in [2.05, 4.69) is 10.5 Å². The number of alkyl halides is 3. The van der Waals surface area contributed by atoms with E-state index in [0.717, 1.165) is 5.56 Å². The molecule has 0 unspecified atom stereocenters. The summed E-state index contributed by atoms with van der Waals surface area (Å²) in [7, 11) is 0. The number of rotatable bonds is 5. The van der Waals surface area contributed by atoms with Gasteiger partial charge in [0.1, 0.15) is 0 Å². The van der Waals surface area contributed by atoms with Crippen molar-refractivity contribution in [3.05, 3.63) is 64.7 Å². The second-order valence-corrected chi connectivity index (χ2v) is 6.00. The third kappa shape index (κ3) is 6.41. The number of amides is 2. The molecule has 0 aliphatic carbocycles. The maximum absolute atomic E-state index is 12.3. The second kappa shape index (κ2) is 8.68. The monoisotopic (exact) mass is 397 g/mol. The quantitative estimate of drug-likeness (QED) is 0.593. The Labute approximate surface area is 158 Å². The Morgan fingerprint density at radius 3 is 2.41 bits per heavy atom. The highest BCUT2D eigenvalue weighted by Gasteiger charge is 2.38. The molecule has 0 aliphatic rings. The number of carbonyl (C=O) groups excluding carboxylic acids is 2. The van der Waals surface area contributed by atoms with E-state index in [4.69, 9.17) is 11.6 Å². The number of anilines is 1. The van der Waals surface area contributed by atoms with E-state index < -0.39 is 12.1 Å². The minimum absolute atomic E-state index is 0.0307. The van der Waals surface area contributed by atoms with E-state index in [1.807, 2.05) is 0 Å². The first kappa shape index (κ1) is 20.4. The molecule has 0 bridgehead atoms. The lowest BCUT2D eigenvalue weighted by Crippen LogP contribution is -2.30. The summed E-state index contributed by atoms with van der Waals surface area (Å²) in [5.41, 5.74) is 3.91. The molecule has 0 radical (unpaired) electrons. The number of nitrogens with one attached hydrogen (secondary N) is 2. The van der Waals surface area contributed by atoms with Crippen molar-refractivity contribution >= 4 is 34.8 Å². The van der Waals surface area contributed by atoms with Crippen molar-refractivity contribution in [3.8, 4) is 0 Å². The molecule has 0 aromatic heterocycles. The van der Waals surface area contributed by atoms with Crippen molar-refractivity contribution in [2.75, 3.05) is 5.32 Å². The van der Waals surface area contributed by atoms with Crippen LogP contribution in [0.2, 0.25) is 5.02 Å². The molecule has 9 heteroatoms. The summed E-state index contributed by atoms with van der Waals surface area (Å²) in [6.45, 7) is 1.58. The molecule has 142 valence electrons. The molecule has 0 saturated heterocycles. The number of benzene rings is 2. The number of hydrazone groups is 1. The molecule has 0 aliphatic heterocycles. The van der Waals surface area contributed by atoms with Gasteiger partial charge in [-0.1, -0.05) is 35.9 Å². The van der Waals surface area contributed by atoms with E-state index in [9.17, 15) is 22.8 Å². The van der Waals surface area contributed by atoms with Crippen molar-refractivity contribution in [1.82, 2.24) is 5.43 Å². The van der Waals surface area contributed by atoms with Gasteiger partial charge in [0.05, 0.1) is 12.1 Å². The fourth-order valence-corrected chi connectivity index (χ4v) is 2.19. The average molecular weight is 398 g/mol. The standard InChI is InChI=1S/C18H15ClF3N3O2/c1-11(24-25-16(26)9-12-5-7-14(19)8-6-12)13-3-2-4-15(10-13)23-17(27)18(20,21)22/h2-8,10H,9H2,1H3,(H,23,27)(H,25,26). The van der Waals surface area contributed by atoms with Crippen LogP contribution >= 0.6 is 11.6 Å². The minimum Gasteiger partial charge on any atom is -0.318 e. The lowest BCUT2D eigenvalue weighted by molar-refractivity contribution is -0.167. The molecule has 2 N–H and O–H groups in total. The number of hydrogen-bond acceptors (Lipinski definition) is 3. The van der Waals surface area contributed by atoms with Crippen LogP contribution in [0.4, 0.5) is 18.9 Å². The first-order valence-electron chi connectivity index (χ1n) is 7.71. The summed E-state index contributed by atoms with van der Waals surface area (Å²) < 4.78 is 36.9. The van der Waals surface area contributed by atoms with Crippen LogP contribution in [0.25, 0.3) is 0 Å². The van der Waals surface area contributed by atoms with E-state index in [1.54, 1.807) is 42.6 Å². The van der Waals surface area contributed by atoms with Gasteiger partial charge in [0.15, 0.2) is 0 Å². The Morgan fingerprint density at radius 2 is 1.78 bits per heavy atom. The zero-order valence-electron chi connectivity index (χ0n) is 14.1. The Kier molecular flexibility index (Phi) is 6.57. The van der Waals surface area contributed by atoms with Gasteiger partial charge >= 0.3 is 12.1 Å².